The number of fused-ring (bicyclic) bond motifs is 1. The molecule has 1 aliphatic carbocycles. The average molecular weight is 601 g/mol. The van der Waals surface area contributed by atoms with Gasteiger partial charge in [0.15, 0.2) is 0 Å². The van der Waals surface area contributed by atoms with Crippen LogP contribution < -0.4 is 0 Å². The molecular formula is C26H22IrN3O2-. The summed E-state index contributed by atoms with van der Waals surface area (Å²) in [5.41, 5.74) is 6.48. The maximum atomic E-state index is 10.1. The molecule has 0 saturated carbocycles. The first kappa shape index (κ1) is 23.5. The SMILES string of the molecule is O=C(O)c1ccccn1.[Ir].[c-]1ccccc1-c1nc2c(nc1-c1ccccc1)CCCC2. The Labute approximate surface area is 201 Å². The number of hydrogen-bond acceptors (Lipinski definition) is 4. The van der Waals surface area contributed by atoms with Crippen LogP contribution in [0.5, 0.6) is 0 Å². The molecular weight excluding hydrogens is 579 g/mol. The van der Waals surface area contributed by atoms with E-state index in [9.17, 15) is 4.79 Å². The average Bonchev–Trinajstić information content (AvgIpc) is 2.85. The number of rotatable bonds is 3. The Kier molecular flexibility index (Phi) is 8.37. The van der Waals surface area contributed by atoms with Crippen LogP contribution in [0.3, 0.4) is 0 Å². The van der Waals surface area contributed by atoms with E-state index in [4.69, 9.17) is 15.1 Å². The van der Waals surface area contributed by atoms with Crippen LogP contribution in [-0.2, 0) is 32.9 Å². The number of benzene rings is 2. The second-order valence-electron chi connectivity index (χ2n) is 7.18. The van der Waals surface area contributed by atoms with Crippen molar-refractivity contribution in [2.24, 2.45) is 0 Å². The summed E-state index contributed by atoms with van der Waals surface area (Å²) in [4.78, 5) is 23.7. The van der Waals surface area contributed by atoms with E-state index in [1.54, 1.807) is 12.1 Å². The number of carbonyl (C=O) groups is 1. The summed E-state index contributed by atoms with van der Waals surface area (Å²) in [6.07, 6.45) is 5.96. The van der Waals surface area contributed by atoms with Gasteiger partial charge in [0.1, 0.15) is 5.69 Å². The molecule has 0 spiro atoms. The van der Waals surface area contributed by atoms with Crippen molar-refractivity contribution in [3.05, 3.63) is 102 Å². The van der Waals surface area contributed by atoms with E-state index >= 15 is 0 Å². The Bertz CT molecular complexity index is 1090. The number of pyridine rings is 1. The molecule has 32 heavy (non-hydrogen) atoms. The molecule has 4 aromatic rings. The van der Waals surface area contributed by atoms with Gasteiger partial charge in [-0.05, 0) is 43.4 Å². The fourth-order valence-corrected chi connectivity index (χ4v) is 3.51. The van der Waals surface area contributed by atoms with Crippen LogP contribution in [0.1, 0.15) is 34.7 Å². The van der Waals surface area contributed by atoms with E-state index in [0.29, 0.717) is 0 Å². The zero-order valence-corrected chi connectivity index (χ0v) is 19.8. The third-order valence-corrected chi connectivity index (χ3v) is 5.02. The molecule has 2 aromatic carbocycles. The quantitative estimate of drug-likeness (QED) is 0.325. The van der Waals surface area contributed by atoms with Gasteiger partial charge in [0.2, 0.25) is 0 Å². The molecule has 0 saturated heterocycles. The van der Waals surface area contributed by atoms with Crippen molar-refractivity contribution in [1.29, 1.82) is 0 Å². The van der Waals surface area contributed by atoms with E-state index in [0.717, 1.165) is 41.1 Å². The normalized spacial score (nSPS) is 11.9. The Hall–Kier alpha value is -3.21. The maximum Gasteiger partial charge on any atom is 0.354 e. The van der Waals surface area contributed by atoms with Crippen molar-refractivity contribution < 1.29 is 30.0 Å². The van der Waals surface area contributed by atoms with Gasteiger partial charge in [0, 0.05) is 32.0 Å². The first-order valence-corrected chi connectivity index (χ1v) is 10.3. The summed E-state index contributed by atoms with van der Waals surface area (Å²) in [5, 5.41) is 8.32. The fraction of sp³-hybridized carbons (Fsp3) is 0.154. The summed E-state index contributed by atoms with van der Waals surface area (Å²) in [5.74, 6) is -0.990. The largest absolute Gasteiger partial charge is 0.477 e. The van der Waals surface area contributed by atoms with Gasteiger partial charge in [-0.3, -0.25) is 9.97 Å². The van der Waals surface area contributed by atoms with Crippen LogP contribution in [0.2, 0.25) is 0 Å². The molecule has 5 rings (SSSR count). The molecule has 163 valence electrons. The van der Waals surface area contributed by atoms with Crippen LogP contribution >= 0.6 is 0 Å². The molecule has 1 radical (unpaired) electrons. The standard InChI is InChI=1S/C20H17N2.C6H5NO2.Ir/c1-3-9-15(10-4-1)19-20(16-11-5-2-6-12-16)22-18-14-8-7-13-17(18)21-19;8-6(9)5-3-1-2-4-7-5;/h1-6,9-11H,7-8,13-14H2;1-4H,(H,8,9);/q-1;;. The van der Waals surface area contributed by atoms with Crippen molar-refractivity contribution >= 4 is 5.97 Å². The number of carboxylic acids is 1. The first-order valence-electron chi connectivity index (χ1n) is 10.3. The minimum atomic E-state index is -0.990. The number of aryl methyl sites for hydroxylation is 2. The molecule has 0 fully saturated rings. The van der Waals surface area contributed by atoms with Crippen LogP contribution in [0.4, 0.5) is 0 Å². The molecule has 0 bridgehead atoms. The molecule has 1 aliphatic rings. The number of aromatic carboxylic acids is 1. The first-order chi connectivity index (χ1) is 15.2. The van der Waals surface area contributed by atoms with Gasteiger partial charge in [-0.15, -0.1) is 35.9 Å². The van der Waals surface area contributed by atoms with Crippen LogP contribution in [0.25, 0.3) is 22.5 Å². The predicted molar refractivity (Wildman–Crippen MR) is 120 cm³/mol. The van der Waals surface area contributed by atoms with E-state index in [1.807, 2.05) is 24.3 Å². The van der Waals surface area contributed by atoms with Crippen molar-refractivity contribution in [3.63, 3.8) is 0 Å². The zero-order chi connectivity index (χ0) is 21.5. The number of hydrogen-bond donors (Lipinski definition) is 1. The van der Waals surface area contributed by atoms with Gasteiger partial charge < -0.3 is 5.11 Å². The van der Waals surface area contributed by atoms with Crippen molar-refractivity contribution in [1.82, 2.24) is 15.0 Å². The smallest absolute Gasteiger partial charge is 0.354 e. The molecule has 2 aromatic heterocycles. The Morgan fingerprint density at radius 2 is 1.47 bits per heavy atom. The zero-order valence-electron chi connectivity index (χ0n) is 17.4. The molecule has 0 atom stereocenters. The molecule has 2 heterocycles. The number of aromatic nitrogens is 3. The monoisotopic (exact) mass is 601 g/mol. The van der Waals surface area contributed by atoms with Gasteiger partial charge >= 0.3 is 5.97 Å². The molecule has 5 nitrogen and oxygen atoms in total. The Balaban J connectivity index is 0.000000246. The second kappa shape index (κ2) is 11.4. The predicted octanol–water partition coefficient (Wildman–Crippen LogP) is 5.27. The van der Waals surface area contributed by atoms with Gasteiger partial charge in [0.05, 0.1) is 17.1 Å². The maximum absolute atomic E-state index is 10.1. The molecule has 0 aliphatic heterocycles. The number of carboxylic acid groups (broad SMARTS) is 1. The third kappa shape index (κ3) is 5.72. The topological polar surface area (TPSA) is 76.0 Å². The number of nitrogens with zero attached hydrogens (tertiary/aromatic N) is 3. The van der Waals surface area contributed by atoms with Gasteiger partial charge in [0.25, 0.3) is 0 Å². The van der Waals surface area contributed by atoms with Crippen LogP contribution in [0.15, 0.2) is 79.0 Å². The van der Waals surface area contributed by atoms with Crippen LogP contribution in [0, 0.1) is 6.07 Å². The summed E-state index contributed by atoms with van der Waals surface area (Å²) in [6.45, 7) is 0. The third-order valence-electron chi connectivity index (χ3n) is 5.02. The Morgan fingerprint density at radius 1 is 0.812 bits per heavy atom. The van der Waals surface area contributed by atoms with Gasteiger partial charge in [-0.2, -0.15) is 0 Å². The summed E-state index contributed by atoms with van der Waals surface area (Å²) in [6, 6.07) is 26.4. The summed E-state index contributed by atoms with van der Waals surface area (Å²) in [7, 11) is 0. The van der Waals surface area contributed by atoms with E-state index in [2.05, 4.69) is 41.4 Å². The van der Waals surface area contributed by atoms with Gasteiger partial charge in [-0.25, -0.2) is 9.78 Å². The summed E-state index contributed by atoms with van der Waals surface area (Å²) >= 11 is 0. The van der Waals surface area contributed by atoms with Crippen LogP contribution in [-0.4, -0.2) is 26.0 Å². The minimum absolute atomic E-state index is 0. The van der Waals surface area contributed by atoms with Crippen molar-refractivity contribution in [3.8, 4) is 22.5 Å². The Morgan fingerprint density at radius 3 is 2.03 bits per heavy atom. The molecule has 0 unspecified atom stereocenters. The molecule has 1 N–H and O–H groups in total. The van der Waals surface area contributed by atoms with Crippen molar-refractivity contribution in [2.75, 3.05) is 0 Å². The minimum Gasteiger partial charge on any atom is -0.477 e. The molecule has 6 heteroatoms. The van der Waals surface area contributed by atoms with Gasteiger partial charge in [-0.1, -0.05) is 36.4 Å². The summed E-state index contributed by atoms with van der Waals surface area (Å²) < 4.78 is 0. The second-order valence-corrected chi connectivity index (χ2v) is 7.18. The molecule has 0 amide bonds. The van der Waals surface area contributed by atoms with Crippen molar-refractivity contribution in [2.45, 2.75) is 25.7 Å². The van der Waals surface area contributed by atoms with E-state index < -0.39 is 5.97 Å². The fourth-order valence-electron chi connectivity index (χ4n) is 3.51. The van der Waals surface area contributed by atoms with E-state index in [-0.39, 0.29) is 25.8 Å². The van der Waals surface area contributed by atoms with E-state index in [1.165, 1.54) is 30.8 Å².